The molecule has 0 aliphatic rings. The molecular formula is C13H16O9S. The first-order chi connectivity index (χ1) is 10.7. The van der Waals surface area contributed by atoms with E-state index in [1.54, 1.807) is 0 Å². The first-order valence-corrected chi connectivity index (χ1v) is 7.66. The second-order valence-electron chi connectivity index (χ2n) is 4.30. The number of benzene rings is 1. The number of aliphatic hydroxyl groups is 2. The van der Waals surface area contributed by atoms with E-state index in [1.165, 1.54) is 0 Å². The fourth-order valence-electron chi connectivity index (χ4n) is 1.50. The van der Waals surface area contributed by atoms with Crippen molar-refractivity contribution in [3.8, 4) is 0 Å². The summed E-state index contributed by atoms with van der Waals surface area (Å²) < 4.78 is 37.7. The molecule has 0 bridgehead atoms. The molecule has 10 heteroatoms. The van der Waals surface area contributed by atoms with Crippen molar-refractivity contribution in [1.82, 2.24) is 0 Å². The Morgan fingerprint density at radius 1 is 1.09 bits per heavy atom. The molecule has 23 heavy (non-hydrogen) atoms. The number of rotatable bonds is 7. The highest BCUT2D eigenvalue weighted by molar-refractivity contribution is 7.86. The molecule has 1 unspecified atom stereocenters. The van der Waals surface area contributed by atoms with E-state index in [0.717, 1.165) is 32.4 Å². The zero-order chi connectivity index (χ0) is 17.6. The summed E-state index contributed by atoms with van der Waals surface area (Å²) >= 11 is 0. The van der Waals surface area contributed by atoms with Gasteiger partial charge < -0.3 is 19.7 Å². The normalized spacial score (nSPS) is 12.5. The summed E-state index contributed by atoms with van der Waals surface area (Å²) in [5.41, 5.74) is -0.388. The highest BCUT2D eigenvalue weighted by Crippen LogP contribution is 2.19. The van der Waals surface area contributed by atoms with Crippen LogP contribution >= 0.6 is 0 Å². The number of carbonyl (C=O) groups excluding carboxylic acids is 2. The molecule has 0 aliphatic heterocycles. The van der Waals surface area contributed by atoms with Crippen LogP contribution in [0.1, 0.15) is 20.7 Å². The second kappa shape index (κ2) is 8.02. The minimum Gasteiger partial charge on any atom is -0.465 e. The Kier molecular flexibility index (Phi) is 6.63. The Hall–Kier alpha value is -2.01. The molecular weight excluding hydrogens is 332 g/mol. The van der Waals surface area contributed by atoms with E-state index < -0.39 is 46.3 Å². The fourth-order valence-corrected chi connectivity index (χ4v) is 2.52. The summed E-state index contributed by atoms with van der Waals surface area (Å²) in [6, 6.07) is 3.02. The monoisotopic (exact) mass is 348 g/mol. The summed E-state index contributed by atoms with van der Waals surface area (Å²) in [5.74, 6) is -1.72. The van der Waals surface area contributed by atoms with Crippen LogP contribution in [0.3, 0.4) is 0 Å². The van der Waals surface area contributed by atoms with E-state index in [9.17, 15) is 18.0 Å². The Labute approximate surface area is 132 Å². The first kappa shape index (κ1) is 19.0. The summed E-state index contributed by atoms with van der Waals surface area (Å²) in [7, 11) is -2.20. The summed E-state index contributed by atoms with van der Waals surface area (Å²) in [6.45, 7) is -1.38. The fraction of sp³-hybridized carbons (Fsp3) is 0.385. The Balaban J connectivity index is 3.28. The lowest BCUT2D eigenvalue weighted by Gasteiger charge is -2.11. The molecule has 1 rings (SSSR count). The number of aliphatic hydroxyl groups excluding tert-OH is 2. The van der Waals surface area contributed by atoms with Crippen LogP contribution in [0.25, 0.3) is 0 Å². The molecule has 1 aromatic carbocycles. The lowest BCUT2D eigenvalue weighted by atomic mass is 10.1. The van der Waals surface area contributed by atoms with Gasteiger partial charge in [-0.3, -0.25) is 4.18 Å². The van der Waals surface area contributed by atoms with E-state index in [1.807, 2.05) is 0 Å². The van der Waals surface area contributed by atoms with Crippen molar-refractivity contribution in [2.75, 3.05) is 27.4 Å². The number of hydrogen-bond acceptors (Lipinski definition) is 9. The van der Waals surface area contributed by atoms with Gasteiger partial charge >= 0.3 is 11.9 Å². The third-order valence-corrected chi connectivity index (χ3v) is 3.92. The maximum absolute atomic E-state index is 12.1. The van der Waals surface area contributed by atoms with E-state index in [2.05, 4.69) is 13.7 Å². The van der Waals surface area contributed by atoms with E-state index in [0.29, 0.717) is 0 Å². The standard InChI is InChI=1S/C13H16O9S/c1-20-12(16)8-3-9(13(17)21-2)5-11(4-8)23(18,19)22-7-10(15)6-14/h3-5,10,14-15H,6-7H2,1-2H3. The lowest BCUT2D eigenvalue weighted by Crippen LogP contribution is -2.22. The molecule has 0 fully saturated rings. The van der Waals surface area contributed by atoms with Crippen molar-refractivity contribution < 1.29 is 41.9 Å². The van der Waals surface area contributed by atoms with Crippen LogP contribution in [0.4, 0.5) is 0 Å². The van der Waals surface area contributed by atoms with E-state index >= 15 is 0 Å². The molecule has 2 N–H and O–H groups in total. The van der Waals surface area contributed by atoms with Gasteiger partial charge in [0.05, 0.1) is 43.5 Å². The molecule has 0 radical (unpaired) electrons. The number of esters is 2. The van der Waals surface area contributed by atoms with Crippen LogP contribution in [0.15, 0.2) is 23.1 Å². The maximum atomic E-state index is 12.1. The predicted octanol–water partition coefficient (Wildman–Crippen LogP) is -0.682. The molecule has 128 valence electrons. The molecule has 0 aromatic heterocycles. The summed E-state index contributed by atoms with van der Waals surface area (Å²) in [5, 5.41) is 17.8. The molecule has 0 spiro atoms. The van der Waals surface area contributed by atoms with Gasteiger partial charge in [0.2, 0.25) is 0 Å². The largest absolute Gasteiger partial charge is 0.465 e. The zero-order valence-corrected chi connectivity index (χ0v) is 13.2. The van der Waals surface area contributed by atoms with Gasteiger partial charge in [0.1, 0.15) is 6.10 Å². The van der Waals surface area contributed by atoms with Crippen molar-refractivity contribution in [1.29, 1.82) is 0 Å². The molecule has 0 saturated heterocycles. The van der Waals surface area contributed by atoms with Gasteiger partial charge in [-0.25, -0.2) is 9.59 Å². The molecule has 0 amide bonds. The minimum absolute atomic E-state index is 0.194. The number of hydrogen-bond donors (Lipinski definition) is 2. The Morgan fingerprint density at radius 3 is 1.96 bits per heavy atom. The molecule has 9 nitrogen and oxygen atoms in total. The average Bonchev–Trinajstić information content (AvgIpc) is 2.57. The molecule has 0 saturated carbocycles. The quantitative estimate of drug-likeness (QED) is 0.485. The molecule has 1 aromatic rings. The molecule has 1 atom stereocenters. The Bertz CT molecular complexity index is 646. The van der Waals surface area contributed by atoms with Gasteiger partial charge in [-0.1, -0.05) is 0 Å². The van der Waals surface area contributed by atoms with Crippen molar-refractivity contribution in [3.05, 3.63) is 29.3 Å². The van der Waals surface area contributed by atoms with Crippen LogP contribution < -0.4 is 0 Å². The van der Waals surface area contributed by atoms with Gasteiger partial charge in [-0.05, 0) is 18.2 Å². The predicted molar refractivity (Wildman–Crippen MR) is 75.4 cm³/mol. The van der Waals surface area contributed by atoms with Crippen LogP contribution in [0.2, 0.25) is 0 Å². The zero-order valence-electron chi connectivity index (χ0n) is 12.4. The molecule has 0 aliphatic carbocycles. The van der Waals surface area contributed by atoms with Crippen molar-refractivity contribution in [2.45, 2.75) is 11.0 Å². The number of ether oxygens (including phenoxy) is 2. The SMILES string of the molecule is COC(=O)c1cc(C(=O)OC)cc(S(=O)(=O)OCC(O)CO)c1. The summed E-state index contributed by atoms with van der Waals surface area (Å²) in [4.78, 5) is 22.7. The number of carbonyl (C=O) groups is 2. The van der Waals surface area contributed by atoms with Gasteiger partial charge in [-0.2, -0.15) is 8.42 Å². The van der Waals surface area contributed by atoms with Crippen LogP contribution in [-0.4, -0.2) is 64.1 Å². The van der Waals surface area contributed by atoms with Gasteiger partial charge in [0, 0.05) is 0 Å². The molecule has 0 heterocycles. The maximum Gasteiger partial charge on any atom is 0.337 e. The van der Waals surface area contributed by atoms with Crippen molar-refractivity contribution in [2.24, 2.45) is 0 Å². The summed E-state index contributed by atoms with van der Waals surface area (Å²) in [6.07, 6.45) is -1.39. The lowest BCUT2D eigenvalue weighted by molar-refractivity contribution is 0.0556. The number of methoxy groups -OCH3 is 2. The van der Waals surface area contributed by atoms with Gasteiger partial charge in [0.25, 0.3) is 10.1 Å². The van der Waals surface area contributed by atoms with E-state index in [4.69, 9.17) is 10.2 Å². The third kappa shape index (κ3) is 4.99. The third-order valence-electron chi connectivity index (χ3n) is 2.66. The minimum atomic E-state index is -4.38. The smallest absolute Gasteiger partial charge is 0.337 e. The highest BCUT2D eigenvalue weighted by atomic mass is 32.2. The van der Waals surface area contributed by atoms with Crippen molar-refractivity contribution >= 4 is 22.1 Å². The van der Waals surface area contributed by atoms with Crippen LogP contribution in [0, 0.1) is 0 Å². The second-order valence-corrected chi connectivity index (χ2v) is 5.92. The average molecular weight is 348 g/mol. The van der Waals surface area contributed by atoms with Gasteiger partial charge in [0.15, 0.2) is 0 Å². The van der Waals surface area contributed by atoms with Crippen LogP contribution in [-0.2, 0) is 23.8 Å². The first-order valence-electron chi connectivity index (χ1n) is 6.25. The van der Waals surface area contributed by atoms with Gasteiger partial charge in [-0.15, -0.1) is 0 Å². The Morgan fingerprint density at radius 2 is 1.57 bits per heavy atom. The van der Waals surface area contributed by atoms with Crippen molar-refractivity contribution in [3.63, 3.8) is 0 Å². The van der Waals surface area contributed by atoms with E-state index in [-0.39, 0.29) is 11.1 Å². The highest BCUT2D eigenvalue weighted by Gasteiger charge is 2.22. The topological polar surface area (TPSA) is 136 Å². The van der Waals surface area contributed by atoms with Crippen LogP contribution in [0.5, 0.6) is 0 Å².